The number of thiophene rings is 1. The molecule has 0 amide bonds. The lowest BCUT2D eigenvalue weighted by Gasteiger charge is -2.01. The molecule has 0 spiro atoms. The molecule has 0 aliphatic rings. The third kappa shape index (κ3) is 5.29. The number of hydrogen-bond acceptors (Lipinski definition) is 4. The predicted molar refractivity (Wildman–Crippen MR) is 64.4 cm³/mol. The van der Waals surface area contributed by atoms with Crippen LogP contribution in [0.15, 0.2) is 11.4 Å². The first-order valence-corrected chi connectivity index (χ1v) is 6.07. The molecule has 0 saturated heterocycles. The molecule has 0 unspecified atom stereocenters. The van der Waals surface area contributed by atoms with E-state index in [0.29, 0.717) is 19.8 Å². The third-order valence-electron chi connectivity index (χ3n) is 1.79. The van der Waals surface area contributed by atoms with E-state index in [1.807, 2.05) is 18.4 Å². The van der Waals surface area contributed by atoms with E-state index in [0.717, 1.165) is 17.0 Å². The normalized spacial score (nSPS) is 9.88. The van der Waals surface area contributed by atoms with Gasteiger partial charge in [-0.05, 0) is 13.0 Å². The largest absolute Gasteiger partial charge is 0.384 e. The number of ether oxygens (including phenoxy) is 2. The van der Waals surface area contributed by atoms with Crippen molar-refractivity contribution in [2.75, 3.05) is 26.4 Å². The maximum atomic E-state index is 8.55. The summed E-state index contributed by atoms with van der Waals surface area (Å²) in [7, 11) is 0. The van der Waals surface area contributed by atoms with E-state index >= 15 is 0 Å². The van der Waals surface area contributed by atoms with Crippen molar-refractivity contribution in [3.63, 3.8) is 0 Å². The number of hydrogen-bond donors (Lipinski definition) is 1. The van der Waals surface area contributed by atoms with Crippen LogP contribution in [-0.2, 0) is 16.1 Å². The van der Waals surface area contributed by atoms with Crippen molar-refractivity contribution in [2.24, 2.45) is 0 Å². The molecule has 0 fully saturated rings. The Morgan fingerprint density at radius 3 is 2.94 bits per heavy atom. The molecule has 88 valence electrons. The van der Waals surface area contributed by atoms with Gasteiger partial charge in [0.15, 0.2) is 0 Å². The van der Waals surface area contributed by atoms with Crippen LogP contribution in [0.4, 0.5) is 0 Å². The molecule has 0 aliphatic carbocycles. The molecule has 0 atom stereocenters. The highest BCUT2D eigenvalue weighted by molar-refractivity contribution is 7.10. The molecule has 1 N–H and O–H groups in total. The van der Waals surface area contributed by atoms with Gasteiger partial charge in [-0.25, -0.2) is 0 Å². The van der Waals surface area contributed by atoms with Crippen molar-refractivity contribution < 1.29 is 14.6 Å². The van der Waals surface area contributed by atoms with Crippen molar-refractivity contribution in [1.82, 2.24) is 0 Å². The van der Waals surface area contributed by atoms with Crippen LogP contribution in [0.1, 0.15) is 17.4 Å². The van der Waals surface area contributed by atoms with Crippen molar-refractivity contribution in [2.45, 2.75) is 13.5 Å². The molecule has 0 aliphatic heterocycles. The van der Waals surface area contributed by atoms with Crippen LogP contribution in [0.3, 0.4) is 0 Å². The van der Waals surface area contributed by atoms with Crippen LogP contribution in [-0.4, -0.2) is 31.5 Å². The third-order valence-corrected chi connectivity index (χ3v) is 2.70. The van der Waals surface area contributed by atoms with Gasteiger partial charge in [-0.1, -0.05) is 11.8 Å². The maximum Gasteiger partial charge on any atom is 0.104 e. The molecule has 0 aromatic carbocycles. The standard InChI is InChI=1S/C12H16O3S/c1-2-14-6-7-15-9-12-8-11(10-16-12)4-3-5-13/h8,10,13H,2,5-7,9H2,1H3. The first-order valence-electron chi connectivity index (χ1n) is 5.19. The predicted octanol–water partition coefficient (Wildman–Crippen LogP) is 1.65. The average molecular weight is 240 g/mol. The van der Waals surface area contributed by atoms with E-state index in [1.165, 1.54) is 0 Å². The van der Waals surface area contributed by atoms with Crippen molar-refractivity contribution in [3.05, 3.63) is 21.9 Å². The van der Waals surface area contributed by atoms with Gasteiger partial charge < -0.3 is 14.6 Å². The Labute approximate surface area is 100 Å². The maximum absolute atomic E-state index is 8.55. The summed E-state index contributed by atoms with van der Waals surface area (Å²) in [5, 5.41) is 10.5. The van der Waals surface area contributed by atoms with Crippen LogP contribution >= 0.6 is 11.3 Å². The highest BCUT2D eigenvalue weighted by Crippen LogP contribution is 2.14. The van der Waals surface area contributed by atoms with Crippen LogP contribution in [0.25, 0.3) is 0 Å². The van der Waals surface area contributed by atoms with Gasteiger partial charge >= 0.3 is 0 Å². The second kappa shape index (κ2) is 8.31. The Morgan fingerprint density at radius 1 is 1.38 bits per heavy atom. The zero-order chi connectivity index (χ0) is 11.6. The molecule has 1 aromatic rings. The summed E-state index contributed by atoms with van der Waals surface area (Å²) in [5.74, 6) is 5.47. The van der Waals surface area contributed by atoms with Crippen LogP contribution in [0, 0.1) is 11.8 Å². The molecule has 16 heavy (non-hydrogen) atoms. The summed E-state index contributed by atoms with van der Waals surface area (Å²) in [6, 6.07) is 1.98. The van der Waals surface area contributed by atoms with E-state index in [2.05, 4.69) is 11.8 Å². The van der Waals surface area contributed by atoms with Gasteiger partial charge in [-0.2, -0.15) is 0 Å². The molecule has 0 bridgehead atoms. The highest BCUT2D eigenvalue weighted by atomic mass is 32.1. The number of aliphatic hydroxyl groups is 1. The Balaban J connectivity index is 2.24. The fourth-order valence-electron chi connectivity index (χ4n) is 1.10. The molecular weight excluding hydrogens is 224 g/mol. The lowest BCUT2D eigenvalue weighted by Crippen LogP contribution is -2.03. The fraction of sp³-hybridized carbons (Fsp3) is 0.500. The lowest BCUT2D eigenvalue weighted by molar-refractivity contribution is 0.0462. The molecule has 1 rings (SSSR count). The summed E-state index contributed by atoms with van der Waals surface area (Å²) >= 11 is 1.61. The first-order chi connectivity index (χ1) is 7.86. The van der Waals surface area contributed by atoms with Gasteiger partial charge in [0, 0.05) is 22.4 Å². The first kappa shape index (κ1) is 13.2. The van der Waals surface area contributed by atoms with Gasteiger partial charge in [0.2, 0.25) is 0 Å². The molecule has 1 heterocycles. The zero-order valence-corrected chi connectivity index (χ0v) is 10.2. The second-order valence-corrected chi connectivity index (χ2v) is 4.01. The summed E-state index contributed by atoms with van der Waals surface area (Å²) < 4.78 is 10.6. The summed E-state index contributed by atoms with van der Waals surface area (Å²) in [6.45, 7) is 4.44. The van der Waals surface area contributed by atoms with Crippen molar-refractivity contribution in [1.29, 1.82) is 0 Å². The zero-order valence-electron chi connectivity index (χ0n) is 9.36. The fourth-order valence-corrected chi connectivity index (χ4v) is 1.85. The highest BCUT2D eigenvalue weighted by Gasteiger charge is 1.97. The molecule has 1 aromatic heterocycles. The minimum Gasteiger partial charge on any atom is -0.384 e. The van der Waals surface area contributed by atoms with Crippen LogP contribution in [0.2, 0.25) is 0 Å². The minimum atomic E-state index is -0.101. The Morgan fingerprint density at radius 2 is 2.19 bits per heavy atom. The Hall–Kier alpha value is -0.860. The van der Waals surface area contributed by atoms with Crippen molar-refractivity contribution in [3.8, 4) is 11.8 Å². The molecule has 3 nitrogen and oxygen atoms in total. The number of rotatable bonds is 6. The smallest absolute Gasteiger partial charge is 0.104 e. The Bertz CT molecular complexity index is 349. The van der Waals surface area contributed by atoms with Crippen LogP contribution in [0.5, 0.6) is 0 Å². The minimum absolute atomic E-state index is 0.101. The SMILES string of the molecule is CCOCCOCc1cc(C#CCO)cs1. The topological polar surface area (TPSA) is 38.7 Å². The molecule has 0 radical (unpaired) electrons. The quantitative estimate of drug-likeness (QED) is 0.607. The van der Waals surface area contributed by atoms with E-state index < -0.39 is 0 Å². The van der Waals surface area contributed by atoms with Gasteiger partial charge in [0.05, 0.1) is 19.8 Å². The van der Waals surface area contributed by atoms with E-state index in [-0.39, 0.29) is 6.61 Å². The molecule has 0 saturated carbocycles. The molecule has 4 heteroatoms. The lowest BCUT2D eigenvalue weighted by atomic mass is 10.3. The average Bonchev–Trinajstić information content (AvgIpc) is 2.74. The van der Waals surface area contributed by atoms with E-state index in [9.17, 15) is 0 Å². The summed E-state index contributed by atoms with van der Waals surface area (Å²) in [6.07, 6.45) is 0. The number of aliphatic hydroxyl groups excluding tert-OH is 1. The van der Waals surface area contributed by atoms with Gasteiger partial charge in [-0.3, -0.25) is 0 Å². The van der Waals surface area contributed by atoms with Crippen molar-refractivity contribution >= 4 is 11.3 Å². The van der Waals surface area contributed by atoms with Crippen LogP contribution < -0.4 is 0 Å². The van der Waals surface area contributed by atoms with E-state index in [4.69, 9.17) is 14.6 Å². The monoisotopic (exact) mass is 240 g/mol. The molecular formula is C12H16O3S. The second-order valence-electron chi connectivity index (χ2n) is 3.01. The van der Waals surface area contributed by atoms with Gasteiger partial charge in [-0.15, -0.1) is 11.3 Å². The summed E-state index contributed by atoms with van der Waals surface area (Å²) in [5.41, 5.74) is 0.933. The van der Waals surface area contributed by atoms with Gasteiger partial charge in [0.1, 0.15) is 6.61 Å². The van der Waals surface area contributed by atoms with Gasteiger partial charge in [0.25, 0.3) is 0 Å². The summed E-state index contributed by atoms with van der Waals surface area (Å²) in [4.78, 5) is 1.14. The Kier molecular flexibility index (Phi) is 6.86. The van der Waals surface area contributed by atoms with E-state index in [1.54, 1.807) is 11.3 Å².